The maximum Gasteiger partial charge on any atom is 0.252 e. The quantitative estimate of drug-likeness (QED) is 0.678. The Balaban J connectivity index is 2.33. The Morgan fingerprint density at radius 1 is 1.69 bits per heavy atom. The molecular weight excluding hydrogens is 168 g/mol. The Morgan fingerprint density at radius 2 is 2.38 bits per heavy atom. The number of nitrogens with one attached hydrogen (secondary N) is 1. The minimum atomic E-state index is -0.0379. The molecule has 4 heteroatoms. The second-order valence-corrected chi connectivity index (χ2v) is 3.07. The maximum atomic E-state index is 11.1. The van der Waals surface area contributed by atoms with Crippen LogP contribution in [0.25, 0.3) is 0 Å². The first-order valence-electron chi connectivity index (χ1n) is 4.42. The molecule has 0 aromatic carbocycles. The minimum Gasteiger partial charge on any atom is -0.356 e. The Morgan fingerprint density at radius 3 is 2.77 bits per heavy atom. The lowest BCUT2D eigenvalue weighted by Gasteiger charge is -2.29. The van der Waals surface area contributed by atoms with Gasteiger partial charge in [-0.05, 0) is 13.8 Å². The number of hydrogen-bond acceptors (Lipinski definition) is 2. The van der Waals surface area contributed by atoms with Gasteiger partial charge in [0.2, 0.25) is 5.91 Å². The predicted molar refractivity (Wildman–Crippen MR) is 48.7 cm³/mol. The molecule has 1 aliphatic rings. The molecular formula is C9H14N2O2. The van der Waals surface area contributed by atoms with Crippen molar-refractivity contribution < 1.29 is 9.59 Å². The SMILES string of the molecule is CCNC(=O)CC(C)N1C=CC1=O. The summed E-state index contributed by atoms with van der Waals surface area (Å²) >= 11 is 0. The zero-order valence-electron chi connectivity index (χ0n) is 7.91. The van der Waals surface area contributed by atoms with E-state index in [1.807, 2.05) is 13.8 Å². The molecule has 1 heterocycles. The van der Waals surface area contributed by atoms with Gasteiger partial charge in [0.05, 0.1) is 0 Å². The molecule has 1 rings (SSSR count). The summed E-state index contributed by atoms with van der Waals surface area (Å²) in [5.74, 6) is -0.0279. The normalized spacial score (nSPS) is 16.8. The number of nitrogens with zero attached hydrogens (tertiary/aromatic N) is 1. The number of carbonyl (C=O) groups excluding carboxylic acids is 2. The van der Waals surface area contributed by atoms with Crippen LogP contribution in [0.5, 0.6) is 0 Å². The zero-order chi connectivity index (χ0) is 9.84. The standard InChI is InChI=1S/C9H14N2O2/c1-3-10-8(12)6-7(2)11-5-4-9(11)13/h4-5,7H,3,6H2,1-2H3,(H,10,12). The number of hydrogen-bond donors (Lipinski definition) is 1. The van der Waals surface area contributed by atoms with E-state index in [0.717, 1.165) is 0 Å². The third-order valence-electron chi connectivity index (χ3n) is 1.96. The van der Waals surface area contributed by atoms with E-state index in [1.165, 1.54) is 6.08 Å². The largest absolute Gasteiger partial charge is 0.356 e. The van der Waals surface area contributed by atoms with Crippen LogP contribution in [0.2, 0.25) is 0 Å². The number of amides is 2. The van der Waals surface area contributed by atoms with E-state index in [-0.39, 0.29) is 17.9 Å². The highest BCUT2D eigenvalue weighted by Gasteiger charge is 2.23. The molecule has 0 aliphatic carbocycles. The van der Waals surface area contributed by atoms with Gasteiger partial charge in [-0.2, -0.15) is 0 Å². The van der Waals surface area contributed by atoms with Crippen molar-refractivity contribution in [1.29, 1.82) is 0 Å². The summed E-state index contributed by atoms with van der Waals surface area (Å²) in [5, 5.41) is 2.69. The van der Waals surface area contributed by atoms with Crippen molar-refractivity contribution in [3.63, 3.8) is 0 Å². The summed E-state index contributed by atoms with van der Waals surface area (Å²) < 4.78 is 0. The molecule has 0 saturated carbocycles. The van der Waals surface area contributed by atoms with Gasteiger partial charge in [-0.15, -0.1) is 0 Å². The van der Waals surface area contributed by atoms with Crippen LogP contribution < -0.4 is 5.32 Å². The lowest BCUT2D eigenvalue weighted by Crippen LogP contribution is -2.41. The van der Waals surface area contributed by atoms with Crippen molar-refractivity contribution >= 4 is 11.8 Å². The minimum absolute atomic E-state index is 0.0110. The first-order valence-corrected chi connectivity index (χ1v) is 4.42. The van der Waals surface area contributed by atoms with Gasteiger partial charge in [-0.25, -0.2) is 0 Å². The van der Waals surface area contributed by atoms with Crippen LogP contribution in [0.1, 0.15) is 20.3 Å². The predicted octanol–water partition coefficient (Wildman–Crippen LogP) is 0.257. The molecule has 4 nitrogen and oxygen atoms in total. The molecule has 0 spiro atoms. The smallest absolute Gasteiger partial charge is 0.252 e. The van der Waals surface area contributed by atoms with E-state index in [1.54, 1.807) is 11.1 Å². The lowest BCUT2D eigenvalue weighted by molar-refractivity contribution is -0.129. The monoisotopic (exact) mass is 182 g/mol. The summed E-state index contributed by atoms with van der Waals surface area (Å²) in [5.41, 5.74) is 0. The van der Waals surface area contributed by atoms with Crippen LogP contribution >= 0.6 is 0 Å². The Kier molecular flexibility index (Phi) is 3.06. The van der Waals surface area contributed by atoms with Crippen molar-refractivity contribution in [2.24, 2.45) is 0 Å². The summed E-state index contributed by atoms with van der Waals surface area (Å²) in [6, 6.07) is -0.0379. The zero-order valence-corrected chi connectivity index (χ0v) is 7.91. The molecule has 0 bridgehead atoms. The molecule has 72 valence electrons. The fourth-order valence-corrected chi connectivity index (χ4v) is 1.22. The van der Waals surface area contributed by atoms with Gasteiger partial charge in [0.1, 0.15) is 0 Å². The van der Waals surface area contributed by atoms with Gasteiger partial charge >= 0.3 is 0 Å². The van der Waals surface area contributed by atoms with Crippen LogP contribution in [0, 0.1) is 0 Å². The van der Waals surface area contributed by atoms with Crippen LogP contribution in [0.3, 0.4) is 0 Å². The van der Waals surface area contributed by atoms with Crippen LogP contribution in [-0.4, -0.2) is 29.3 Å². The van der Waals surface area contributed by atoms with Crippen molar-refractivity contribution in [2.45, 2.75) is 26.3 Å². The molecule has 13 heavy (non-hydrogen) atoms. The van der Waals surface area contributed by atoms with E-state index in [0.29, 0.717) is 13.0 Å². The first kappa shape index (κ1) is 9.77. The highest BCUT2D eigenvalue weighted by atomic mass is 16.2. The van der Waals surface area contributed by atoms with E-state index in [4.69, 9.17) is 0 Å². The Bertz CT molecular complexity index is 248. The first-order chi connectivity index (χ1) is 6.15. The van der Waals surface area contributed by atoms with Crippen molar-refractivity contribution in [2.75, 3.05) is 6.54 Å². The Hall–Kier alpha value is -1.32. The van der Waals surface area contributed by atoms with Crippen LogP contribution in [-0.2, 0) is 9.59 Å². The molecule has 0 aromatic heterocycles. The average molecular weight is 182 g/mol. The van der Waals surface area contributed by atoms with Crippen molar-refractivity contribution in [1.82, 2.24) is 10.2 Å². The fourth-order valence-electron chi connectivity index (χ4n) is 1.22. The van der Waals surface area contributed by atoms with E-state index in [9.17, 15) is 9.59 Å². The molecule has 0 aromatic rings. The summed E-state index contributed by atoms with van der Waals surface area (Å²) in [6.07, 6.45) is 3.56. The topological polar surface area (TPSA) is 49.4 Å². The fraction of sp³-hybridized carbons (Fsp3) is 0.556. The van der Waals surface area contributed by atoms with E-state index < -0.39 is 0 Å². The van der Waals surface area contributed by atoms with Gasteiger partial charge in [-0.3, -0.25) is 9.59 Å². The molecule has 0 saturated heterocycles. The summed E-state index contributed by atoms with van der Waals surface area (Å²) in [6.45, 7) is 4.36. The van der Waals surface area contributed by atoms with Gasteiger partial charge in [0, 0.05) is 31.3 Å². The summed E-state index contributed by atoms with van der Waals surface area (Å²) in [4.78, 5) is 23.6. The van der Waals surface area contributed by atoms with Crippen LogP contribution in [0.4, 0.5) is 0 Å². The molecule has 0 radical (unpaired) electrons. The molecule has 1 aliphatic heterocycles. The molecule has 1 unspecified atom stereocenters. The van der Waals surface area contributed by atoms with Crippen LogP contribution in [0.15, 0.2) is 12.3 Å². The van der Waals surface area contributed by atoms with Crippen molar-refractivity contribution in [3.8, 4) is 0 Å². The molecule has 1 atom stereocenters. The van der Waals surface area contributed by atoms with E-state index >= 15 is 0 Å². The lowest BCUT2D eigenvalue weighted by atomic mass is 10.1. The van der Waals surface area contributed by atoms with Gasteiger partial charge in [0.25, 0.3) is 5.91 Å². The summed E-state index contributed by atoms with van der Waals surface area (Å²) in [7, 11) is 0. The molecule has 1 N–H and O–H groups in total. The third-order valence-corrected chi connectivity index (χ3v) is 1.96. The highest BCUT2D eigenvalue weighted by Crippen LogP contribution is 2.12. The van der Waals surface area contributed by atoms with Crippen molar-refractivity contribution in [3.05, 3.63) is 12.3 Å². The van der Waals surface area contributed by atoms with E-state index in [2.05, 4.69) is 5.32 Å². The average Bonchev–Trinajstić information content (AvgIpc) is 2.01. The molecule has 0 fully saturated rings. The second kappa shape index (κ2) is 4.07. The number of rotatable bonds is 4. The maximum absolute atomic E-state index is 11.1. The Labute approximate surface area is 77.6 Å². The van der Waals surface area contributed by atoms with Gasteiger partial charge in [0.15, 0.2) is 0 Å². The van der Waals surface area contributed by atoms with Gasteiger partial charge in [-0.1, -0.05) is 0 Å². The molecule has 2 amide bonds. The highest BCUT2D eigenvalue weighted by molar-refractivity contribution is 5.94. The number of carbonyl (C=O) groups is 2. The third kappa shape index (κ3) is 2.31. The van der Waals surface area contributed by atoms with Gasteiger partial charge < -0.3 is 10.2 Å². The second-order valence-electron chi connectivity index (χ2n) is 3.07.